The third-order valence-corrected chi connectivity index (χ3v) is 5.01. The van der Waals surface area contributed by atoms with Gasteiger partial charge in [-0.1, -0.05) is 20.3 Å². The Kier molecular flexibility index (Phi) is 5.84. The fourth-order valence-corrected chi connectivity index (χ4v) is 3.67. The van der Waals surface area contributed by atoms with Gasteiger partial charge in [0.2, 0.25) is 5.91 Å². The summed E-state index contributed by atoms with van der Waals surface area (Å²) in [6.45, 7) is 7.98. The number of piperidine rings is 1. The molecule has 1 aromatic rings. The largest absolute Gasteiger partial charge is 0.366 e. The van der Waals surface area contributed by atoms with Gasteiger partial charge < -0.3 is 9.64 Å². The minimum Gasteiger partial charge on any atom is -0.366 e. The number of amides is 1. The first-order valence-corrected chi connectivity index (χ1v) is 9.28. The van der Waals surface area contributed by atoms with Crippen molar-refractivity contribution in [3.63, 3.8) is 0 Å². The maximum atomic E-state index is 13.0. The SMILES string of the molecule is CCCc1nc(C2CN(C(=O)C3CCCCN3CC)CCO2)n[nH]1. The summed E-state index contributed by atoms with van der Waals surface area (Å²) in [5.41, 5.74) is 0. The van der Waals surface area contributed by atoms with E-state index in [0.29, 0.717) is 25.5 Å². The molecule has 2 fully saturated rings. The number of carbonyl (C=O) groups excluding carboxylic acids is 1. The Morgan fingerprint density at radius 1 is 1.33 bits per heavy atom. The van der Waals surface area contributed by atoms with E-state index in [9.17, 15) is 4.79 Å². The van der Waals surface area contributed by atoms with Crippen molar-refractivity contribution in [1.29, 1.82) is 0 Å². The molecule has 2 unspecified atom stereocenters. The number of nitrogens with one attached hydrogen (secondary N) is 1. The van der Waals surface area contributed by atoms with Crippen molar-refractivity contribution in [2.24, 2.45) is 0 Å². The summed E-state index contributed by atoms with van der Waals surface area (Å²) in [7, 11) is 0. The maximum absolute atomic E-state index is 13.0. The van der Waals surface area contributed by atoms with Crippen LogP contribution in [0.25, 0.3) is 0 Å². The van der Waals surface area contributed by atoms with Gasteiger partial charge in [-0.25, -0.2) is 4.98 Å². The highest BCUT2D eigenvalue weighted by molar-refractivity contribution is 5.82. The molecule has 0 radical (unpaired) electrons. The van der Waals surface area contributed by atoms with E-state index >= 15 is 0 Å². The molecule has 0 spiro atoms. The molecule has 2 aliphatic rings. The lowest BCUT2D eigenvalue weighted by Gasteiger charge is -2.39. The van der Waals surface area contributed by atoms with Crippen molar-refractivity contribution >= 4 is 5.91 Å². The van der Waals surface area contributed by atoms with Gasteiger partial charge in [0.15, 0.2) is 5.82 Å². The van der Waals surface area contributed by atoms with E-state index in [-0.39, 0.29) is 18.1 Å². The van der Waals surface area contributed by atoms with Crippen LogP contribution in [0.1, 0.15) is 57.3 Å². The molecule has 2 aliphatic heterocycles. The van der Waals surface area contributed by atoms with Gasteiger partial charge in [-0.15, -0.1) is 0 Å². The number of aromatic amines is 1. The lowest BCUT2D eigenvalue weighted by atomic mass is 10.0. The first kappa shape index (κ1) is 17.4. The van der Waals surface area contributed by atoms with E-state index in [0.717, 1.165) is 44.6 Å². The predicted molar refractivity (Wildman–Crippen MR) is 90.5 cm³/mol. The van der Waals surface area contributed by atoms with Crippen LogP contribution in [0.5, 0.6) is 0 Å². The van der Waals surface area contributed by atoms with Crippen molar-refractivity contribution in [2.45, 2.75) is 58.1 Å². The number of aromatic nitrogens is 3. The Bertz CT molecular complexity index is 547. The molecule has 134 valence electrons. The minimum atomic E-state index is -0.219. The predicted octanol–water partition coefficient (Wildman–Crippen LogP) is 1.53. The van der Waals surface area contributed by atoms with Crippen LogP contribution in [0.4, 0.5) is 0 Å². The number of morpholine rings is 1. The van der Waals surface area contributed by atoms with Crippen molar-refractivity contribution < 1.29 is 9.53 Å². The van der Waals surface area contributed by atoms with Gasteiger partial charge in [0.1, 0.15) is 11.9 Å². The molecule has 0 bridgehead atoms. The molecule has 24 heavy (non-hydrogen) atoms. The number of rotatable bonds is 5. The third kappa shape index (κ3) is 3.78. The Morgan fingerprint density at radius 3 is 3.00 bits per heavy atom. The van der Waals surface area contributed by atoms with E-state index in [4.69, 9.17) is 4.74 Å². The van der Waals surface area contributed by atoms with Crippen LogP contribution in [0.2, 0.25) is 0 Å². The van der Waals surface area contributed by atoms with Gasteiger partial charge in [0.25, 0.3) is 0 Å². The smallest absolute Gasteiger partial charge is 0.240 e. The van der Waals surface area contributed by atoms with Crippen molar-refractivity contribution in [2.75, 3.05) is 32.8 Å². The molecule has 7 nitrogen and oxygen atoms in total. The van der Waals surface area contributed by atoms with Gasteiger partial charge >= 0.3 is 0 Å². The minimum absolute atomic E-state index is 0.0327. The van der Waals surface area contributed by atoms with Gasteiger partial charge in [0.05, 0.1) is 19.2 Å². The standard InChI is InChI=1S/C17H29N5O2/c1-3-7-15-18-16(20-19-15)14-12-22(10-11-24-14)17(23)13-8-5-6-9-21(13)4-2/h13-14H,3-12H2,1-2H3,(H,18,19,20). The zero-order chi connectivity index (χ0) is 16.9. The number of likely N-dealkylation sites (N-methyl/N-ethyl adjacent to an activating group) is 1. The van der Waals surface area contributed by atoms with Crippen LogP contribution in [0.15, 0.2) is 0 Å². The summed E-state index contributed by atoms with van der Waals surface area (Å²) in [5, 5.41) is 7.26. The highest BCUT2D eigenvalue weighted by Gasteiger charge is 2.35. The van der Waals surface area contributed by atoms with Crippen LogP contribution >= 0.6 is 0 Å². The first-order chi connectivity index (χ1) is 11.7. The summed E-state index contributed by atoms with van der Waals surface area (Å²) in [4.78, 5) is 21.8. The van der Waals surface area contributed by atoms with Crippen molar-refractivity contribution in [3.8, 4) is 0 Å². The summed E-state index contributed by atoms with van der Waals surface area (Å²) in [6, 6.07) is 0.0327. The van der Waals surface area contributed by atoms with Gasteiger partial charge in [0, 0.05) is 13.0 Å². The summed E-state index contributed by atoms with van der Waals surface area (Å²) in [5.74, 6) is 1.81. The normalized spacial score (nSPS) is 25.8. The first-order valence-electron chi connectivity index (χ1n) is 9.28. The van der Waals surface area contributed by atoms with Crippen LogP contribution in [-0.4, -0.2) is 69.7 Å². The quantitative estimate of drug-likeness (QED) is 0.883. The summed E-state index contributed by atoms with van der Waals surface area (Å²) >= 11 is 0. The van der Waals surface area contributed by atoms with Gasteiger partial charge in [-0.3, -0.25) is 14.8 Å². The fourth-order valence-electron chi connectivity index (χ4n) is 3.67. The number of hydrogen-bond acceptors (Lipinski definition) is 5. The molecule has 2 atom stereocenters. The number of ether oxygens (including phenoxy) is 1. The molecule has 0 aliphatic carbocycles. The van der Waals surface area contributed by atoms with Crippen molar-refractivity contribution in [1.82, 2.24) is 25.0 Å². The number of aryl methyl sites for hydroxylation is 1. The average molecular weight is 335 g/mol. The summed E-state index contributed by atoms with van der Waals surface area (Å²) < 4.78 is 5.82. The Balaban J connectivity index is 1.64. The molecule has 2 saturated heterocycles. The number of hydrogen-bond donors (Lipinski definition) is 1. The Morgan fingerprint density at radius 2 is 2.21 bits per heavy atom. The highest BCUT2D eigenvalue weighted by Crippen LogP contribution is 2.23. The van der Waals surface area contributed by atoms with Gasteiger partial charge in [-0.05, 0) is 32.4 Å². The van der Waals surface area contributed by atoms with E-state index < -0.39 is 0 Å². The van der Waals surface area contributed by atoms with Crippen LogP contribution in [0.3, 0.4) is 0 Å². The zero-order valence-electron chi connectivity index (χ0n) is 14.8. The summed E-state index contributed by atoms with van der Waals surface area (Å²) in [6.07, 6.45) is 5.00. The molecular weight excluding hydrogens is 306 g/mol. The number of H-pyrrole nitrogens is 1. The third-order valence-electron chi connectivity index (χ3n) is 5.01. The second kappa shape index (κ2) is 8.07. The van der Waals surface area contributed by atoms with E-state index in [1.807, 2.05) is 4.90 Å². The second-order valence-electron chi connectivity index (χ2n) is 6.67. The highest BCUT2D eigenvalue weighted by atomic mass is 16.5. The number of likely N-dealkylation sites (tertiary alicyclic amines) is 1. The van der Waals surface area contributed by atoms with Gasteiger partial charge in [-0.2, -0.15) is 5.10 Å². The molecule has 3 rings (SSSR count). The zero-order valence-corrected chi connectivity index (χ0v) is 14.8. The lowest BCUT2D eigenvalue weighted by molar-refractivity contribution is -0.146. The fraction of sp³-hybridized carbons (Fsp3) is 0.824. The van der Waals surface area contributed by atoms with Crippen LogP contribution < -0.4 is 0 Å². The average Bonchev–Trinajstić information content (AvgIpc) is 3.10. The van der Waals surface area contributed by atoms with E-state index in [2.05, 4.69) is 33.9 Å². The van der Waals surface area contributed by atoms with Crippen molar-refractivity contribution in [3.05, 3.63) is 11.6 Å². The van der Waals surface area contributed by atoms with E-state index in [1.54, 1.807) is 0 Å². The molecule has 0 saturated carbocycles. The molecular formula is C17H29N5O2. The van der Waals surface area contributed by atoms with Crippen LogP contribution in [-0.2, 0) is 16.0 Å². The second-order valence-corrected chi connectivity index (χ2v) is 6.67. The number of carbonyl (C=O) groups is 1. The number of nitrogens with zero attached hydrogens (tertiary/aromatic N) is 4. The monoisotopic (exact) mass is 335 g/mol. The molecule has 0 aromatic carbocycles. The maximum Gasteiger partial charge on any atom is 0.240 e. The molecule has 3 heterocycles. The lowest BCUT2D eigenvalue weighted by Crippen LogP contribution is -2.53. The Labute approximate surface area is 143 Å². The molecule has 7 heteroatoms. The molecule has 1 aromatic heterocycles. The molecule has 1 amide bonds. The molecule has 1 N–H and O–H groups in total. The van der Waals surface area contributed by atoms with E-state index in [1.165, 1.54) is 6.42 Å². The van der Waals surface area contributed by atoms with Crippen LogP contribution in [0, 0.1) is 0 Å². The Hall–Kier alpha value is -1.47. The topological polar surface area (TPSA) is 74.3 Å².